The molecule has 11 heteroatoms. The van der Waals surface area contributed by atoms with Crippen molar-refractivity contribution in [2.24, 2.45) is 0 Å². The van der Waals surface area contributed by atoms with Gasteiger partial charge < -0.3 is 15.2 Å². The van der Waals surface area contributed by atoms with Crippen molar-refractivity contribution in [3.05, 3.63) is 30.2 Å². The number of aliphatic hydroxyl groups is 1. The van der Waals surface area contributed by atoms with E-state index in [2.05, 4.69) is 25.7 Å². The summed E-state index contributed by atoms with van der Waals surface area (Å²) < 4.78 is 36.4. The van der Waals surface area contributed by atoms with Crippen LogP contribution in [0.25, 0.3) is 27.7 Å². The van der Waals surface area contributed by atoms with Gasteiger partial charge >= 0.3 is 0 Å². The lowest BCUT2D eigenvalue weighted by Gasteiger charge is -2.33. The molecular weight excluding hydrogens is 432 g/mol. The number of nitrogens with zero attached hydrogens (tertiary/aromatic N) is 6. The fraction of sp³-hybridized carbons (Fsp3) is 0.455. The highest BCUT2D eigenvalue weighted by Crippen LogP contribution is 2.36. The van der Waals surface area contributed by atoms with E-state index in [1.54, 1.807) is 18.2 Å². The number of fused-ring (bicyclic) bond motifs is 2. The van der Waals surface area contributed by atoms with E-state index in [1.807, 2.05) is 6.92 Å². The van der Waals surface area contributed by atoms with Gasteiger partial charge in [-0.05, 0) is 50.3 Å². The average molecular weight is 457 g/mol. The van der Waals surface area contributed by atoms with Crippen LogP contribution in [0.3, 0.4) is 0 Å². The normalized spacial score (nSPS) is 21.1. The Morgan fingerprint density at radius 3 is 2.82 bits per heavy atom. The van der Waals surface area contributed by atoms with Gasteiger partial charge in [0.1, 0.15) is 17.7 Å². The zero-order chi connectivity index (χ0) is 23.2. The molecule has 0 spiro atoms. The zero-order valence-electron chi connectivity index (χ0n) is 18.4. The van der Waals surface area contributed by atoms with Crippen LogP contribution in [0.4, 0.5) is 14.7 Å². The van der Waals surface area contributed by atoms with Gasteiger partial charge in [-0.15, -0.1) is 10.2 Å². The van der Waals surface area contributed by atoms with Crippen LogP contribution in [0, 0.1) is 5.82 Å². The van der Waals surface area contributed by atoms with E-state index >= 15 is 4.39 Å². The number of hydrogen-bond donors (Lipinski definition) is 2. The fourth-order valence-electron chi connectivity index (χ4n) is 4.43. The molecule has 0 amide bonds. The molecule has 0 aliphatic heterocycles. The first-order chi connectivity index (χ1) is 15.9. The number of ether oxygens (including phenoxy) is 1. The van der Waals surface area contributed by atoms with Gasteiger partial charge in [0.05, 0.1) is 36.5 Å². The maximum Gasteiger partial charge on any atom is 0.244 e. The van der Waals surface area contributed by atoms with Crippen LogP contribution in [-0.2, 0) is 6.54 Å². The van der Waals surface area contributed by atoms with Crippen LogP contribution in [0.1, 0.15) is 32.6 Å². The number of rotatable bonds is 6. The highest BCUT2D eigenvalue weighted by molar-refractivity contribution is 5.89. The minimum Gasteiger partial charge on any atom is -0.479 e. The second-order valence-corrected chi connectivity index (χ2v) is 8.71. The van der Waals surface area contributed by atoms with Crippen LogP contribution < -0.4 is 10.1 Å². The molecule has 1 aromatic carbocycles. The largest absolute Gasteiger partial charge is 0.479 e. The third-order valence-corrected chi connectivity index (χ3v) is 6.24. The van der Waals surface area contributed by atoms with Crippen molar-refractivity contribution in [3.8, 4) is 17.0 Å². The van der Waals surface area contributed by atoms with Crippen LogP contribution in [0.15, 0.2) is 24.4 Å². The van der Waals surface area contributed by atoms with Gasteiger partial charge in [-0.2, -0.15) is 4.98 Å². The van der Waals surface area contributed by atoms with Gasteiger partial charge in [0.2, 0.25) is 11.8 Å². The number of aromatic nitrogens is 6. The minimum absolute atomic E-state index is 0.0665. The summed E-state index contributed by atoms with van der Waals surface area (Å²) in [5, 5.41) is 25.9. The highest BCUT2D eigenvalue weighted by Gasteiger charge is 2.29. The summed E-state index contributed by atoms with van der Waals surface area (Å²) in [7, 11) is 1.47. The Hall–Kier alpha value is -3.34. The molecule has 0 unspecified atom stereocenters. The quantitative estimate of drug-likeness (QED) is 0.458. The van der Waals surface area contributed by atoms with Crippen molar-refractivity contribution in [2.75, 3.05) is 19.1 Å². The summed E-state index contributed by atoms with van der Waals surface area (Å²) in [6.07, 6.45) is 4.21. The molecule has 174 valence electrons. The maximum atomic E-state index is 15.2. The van der Waals surface area contributed by atoms with E-state index in [1.165, 1.54) is 22.5 Å². The number of alkyl halides is 1. The molecule has 33 heavy (non-hydrogen) atoms. The lowest BCUT2D eigenvalue weighted by atomic mass is 9.84. The first-order valence-electron chi connectivity index (χ1n) is 10.9. The Bertz CT molecular complexity index is 1310. The van der Waals surface area contributed by atoms with Gasteiger partial charge in [0.25, 0.3) is 0 Å². The fourth-order valence-corrected chi connectivity index (χ4v) is 4.43. The number of methoxy groups -OCH3 is 1. The Labute approximate surface area is 188 Å². The lowest BCUT2D eigenvalue weighted by Crippen LogP contribution is -2.36. The summed E-state index contributed by atoms with van der Waals surface area (Å²) in [5.74, 6) is 0.0649. The Morgan fingerprint density at radius 1 is 1.30 bits per heavy atom. The molecule has 0 saturated heterocycles. The number of benzene rings is 1. The number of aryl methyl sites for hydroxylation is 1. The molecule has 5 rings (SSSR count). The third-order valence-electron chi connectivity index (χ3n) is 6.24. The van der Waals surface area contributed by atoms with Crippen LogP contribution >= 0.6 is 0 Å². The second-order valence-electron chi connectivity index (χ2n) is 8.71. The molecule has 1 saturated carbocycles. The molecule has 3 heterocycles. The van der Waals surface area contributed by atoms with E-state index in [9.17, 15) is 9.50 Å². The van der Waals surface area contributed by atoms with Crippen molar-refractivity contribution in [3.63, 3.8) is 0 Å². The van der Waals surface area contributed by atoms with Gasteiger partial charge in [-0.25, -0.2) is 18.0 Å². The minimum atomic E-state index is -0.644. The van der Waals surface area contributed by atoms with Crippen molar-refractivity contribution in [1.29, 1.82) is 0 Å². The van der Waals surface area contributed by atoms with E-state index < -0.39 is 18.1 Å². The average Bonchev–Trinajstić information content (AvgIpc) is 3.34. The molecule has 1 aliphatic rings. The number of halogens is 2. The molecule has 3 aromatic heterocycles. The molecule has 0 radical (unpaired) electrons. The smallest absolute Gasteiger partial charge is 0.244 e. The third kappa shape index (κ3) is 3.97. The second kappa shape index (κ2) is 8.22. The SMILES string of the molecule is COc1nc(NC2CCC(C)(O)CC2)nn2cc(F)c(-c3ccc4nnn(CCF)c4c3)c12. The Balaban J connectivity index is 1.54. The van der Waals surface area contributed by atoms with Crippen LogP contribution in [-0.4, -0.2) is 60.1 Å². The molecule has 2 N–H and O–H groups in total. The van der Waals surface area contributed by atoms with Crippen LogP contribution in [0.5, 0.6) is 5.88 Å². The van der Waals surface area contributed by atoms with Crippen molar-refractivity contribution in [2.45, 2.75) is 50.8 Å². The van der Waals surface area contributed by atoms with E-state index in [-0.39, 0.29) is 24.0 Å². The summed E-state index contributed by atoms with van der Waals surface area (Å²) >= 11 is 0. The van der Waals surface area contributed by atoms with Gasteiger partial charge in [-0.3, -0.25) is 0 Å². The Morgan fingerprint density at radius 2 is 2.09 bits per heavy atom. The molecular formula is C22H25F2N7O2. The molecule has 1 aliphatic carbocycles. The van der Waals surface area contributed by atoms with Crippen molar-refractivity contribution >= 4 is 22.5 Å². The molecule has 0 bridgehead atoms. The summed E-state index contributed by atoms with van der Waals surface area (Å²) in [5.41, 5.74) is 1.78. The number of nitrogens with one attached hydrogen (secondary N) is 1. The number of anilines is 1. The summed E-state index contributed by atoms with van der Waals surface area (Å²) in [4.78, 5) is 4.47. The zero-order valence-corrected chi connectivity index (χ0v) is 18.4. The van der Waals surface area contributed by atoms with Crippen LogP contribution in [0.2, 0.25) is 0 Å². The predicted molar refractivity (Wildman–Crippen MR) is 118 cm³/mol. The molecule has 0 atom stereocenters. The Kier molecular flexibility index (Phi) is 5.35. The predicted octanol–water partition coefficient (Wildman–Crippen LogP) is 3.36. The maximum absolute atomic E-state index is 15.2. The molecule has 9 nitrogen and oxygen atoms in total. The van der Waals surface area contributed by atoms with Crippen molar-refractivity contribution < 1.29 is 18.6 Å². The molecule has 4 aromatic rings. The first kappa shape index (κ1) is 21.5. The highest BCUT2D eigenvalue weighted by atomic mass is 19.1. The monoisotopic (exact) mass is 457 g/mol. The van der Waals surface area contributed by atoms with Gasteiger partial charge in [0, 0.05) is 6.04 Å². The summed E-state index contributed by atoms with van der Waals surface area (Å²) in [6.45, 7) is 1.33. The van der Waals surface area contributed by atoms with E-state index in [4.69, 9.17) is 4.74 Å². The summed E-state index contributed by atoms with van der Waals surface area (Å²) in [6, 6.07) is 5.28. The van der Waals surface area contributed by atoms with E-state index in [0.717, 1.165) is 12.8 Å². The number of hydrogen-bond acceptors (Lipinski definition) is 7. The van der Waals surface area contributed by atoms with Crippen molar-refractivity contribution in [1.82, 2.24) is 29.6 Å². The topological polar surface area (TPSA) is 102 Å². The van der Waals surface area contributed by atoms with E-state index in [0.29, 0.717) is 40.9 Å². The molecule has 1 fully saturated rings. The standard InChI is InChI=1S/C22H25F2N7O2/c1-22(32)7-5-14(6-8-22)25-21-26-20(33-2)19-18(15(24)12-31(19)28-21)13-3-4-16-17(11-13)30(10-9-23)29-27-16/h3-4,11-12,14,32H,5-10H2,1-2H3,(H,25,28). The first-order valence-corrected chi connectivity index (χ1v) is 10.9. The van der Waals surface area contributed by atoms with Gasteiger partial charge in [0.15, 0.2) is 5.82 Å². The lowest BCUT2D eigenvalue weighted by molar-refractivity contribution is 0.0195. The van der Waals surface area contributed by atoms with Gasteiger partial charge in [-0.1, -0.05) is 11.3 Å².